The van der Waals surface area contributed by atoms with Crippen LogP contribution in [-0.2, 0) is 21.2 Å². The number of halogens is 1. The van der Waals surface area contributed by atoms with E-state index in [1.807, 2.05) is 13.0 Å². The molecule has 1 saturated heterocycles. The predicted octanol–water partition coefficient (Wildman–Crippen LogP) is 1.23. The van der Waals surface area contributed by atoms with Gasteiger partial charge in [-0.2, -0.15) is 0 Å². The van der Waals surface area contributed by atoms with Gasteiger partial charge in [-0.3, -0.25) is 4.79 Å². The third kappa shape index (κ3) is 5.17. The van der Waals surface area contributed by atoms with Crippen molar-refractivity contribution in [3.05, 3.63) is 65.5 Å². The molecular formula is C21H26FN2O3S+. The normalized spacial score (nSPS) is 15.6. The van der Waals surface area contributed by atoms with Crippen molar-refractivity contribution in [1.29, 1.82) is 0 Å². The van der Waals surface area contributed by atoms with Crippen LogP contribution in [0.2, 0.25) is 0 Å². The van der Waals surface area contributed by atoms with Gasteiger partial charge in [-0.1, -0.05) is 35.9 Å². The summed E-state index contributed by atoms with van der Waals surface area (Å²) in [6.07, 6.45) is -0.0150. The first-order chi connectivity index (χ1) is 13.3. The van der Waals surface area contributed by atoms with Crippen molar-refractivity contribution in [1.82, 2.24) is 4.90 Å². The Morgan fingerprint density at radius 1 is 1.07 bits per heavy atom. The first kappa shape index (κ1) is 20.5. The van der Waals surface area contributed by atoms with Gasteiger partial charge >= 0.3 is 0 Å². The fourth-order valence-electron chi connectivity index (χ4n) is 3.40. The predicted molar refractivity (Wildman–Crippen MR) is 105 cm³/mol. The zero-order chi connectivity index (χ0) is 20.1. The van der Waals surface area contributed by atoms with E-state index in [4.69, 9.17) is 0 Å². The minimum atomic E-state index is -3.46. The van der Waals surface area contributed by atoms with Crippen molar-refractivity contribution < 1.29 is 22.5 Å². The highest BCUT2D eigenvalue weighted by molar-refractivity contribution is 7.91. The van der Waals surface area contributed by atoms with Gasteiger partial charge in [-0.05, 0) is 25.1 Å². The van der Waals surface area contributed by atoms with Gasteiger partial charge in [-0.25, -0.2) is 12.8 Å². The number of benzene rings is 2. The number of sulfone groups is 1. The fourth-order valence-corrected chi connectivity index (χ4v) is 4.63. The lowest BCUT2D eigenvalue weighted by Gasteiger charge is -2.32. The average Bonchev–Trinajstić information content (AvgIpc) is 2.69. The number of carbonyl (C=O) groups is 1. The Hall–Kier alpha value is -2.25. The average molecular weight is 406 g/mol. The van der Waals surface area contributed by atoms with E-state index in [0.29, 0.717) is 25.2 Å². The summed E-state index contributed by atoms with van der Waals surface area (Å²) >= 11 is 0. The maximum absolute atomic E-state index is 13.8. The highest BCUT2D eigenvalue weighted by Gasteiger charge is 2.25. The first-order valence-electron chi connectivity index (χ1n) is 9.49. The zero-order valence-corrected chi connectivity index (χ0v) is 16.8. The van der Waals surface area contributed by atoms with E-state index < -0.39 is 9.84 Å². The SMILES string of the molecule is Cc1ccc(S(=O)(=O)CCC(=O)N2CC[NH+](Cc3ccccc3F)CC2)cc1. The number of hydrogen-bond donors (Lipinski definition) is 1. The van der Waals surface area contributed by atoms with Crippen molar-refractivity contribution in [2.75, 3.05) is 31.9 Å². The summed E-state index contributed by atoms with van der Waals surface area (Å²) in [4.78, 5) is 15.6. The van der Waals surface area contributed by atoms with Gasteiger partial charge in [0.1, 0.15) is 12.4 Å². The fraction of sp³-hybridized carbons (Fsp3) is 0.381. The monoisotopic (exact) mass is 405 g/mol. The molecule has 1 aliphatic rings. The van der Waals surface area contributed by atoms with Crippen LogP contribution in [0.3, 0.4) is 0 Å². The number of aryl methyl sites for hydroxylation is 1. The van der Waals surface area contributed by atoms with Crippen LogP contribution in [-0.4, -0.2) is 51.2 Å². The molecule has 3 rings (SSSR count). The van der Waals surface area contributed by atoms with Crippen LogP contribution in [0, 0.1) is 12.7 Å². The van der Waals surface area contributed by atoms with Crippen LogP contribution in [0.15, 0.2) is 53.4 Å². The van der Waals surface area contributed by atoms with E-state index in [1.165, 1.54) is 11.0 Å². The maximum atomic E-state index is 13.8. The molecule has 1 heterocycles. The van der Waals surface area contributed by atoms with Crippen LogP contribution >= 0.6 is 0 Å². The van der Waals surface area contributed by atoms with E-state index >= 15 is 0 Å². The molecule has 28 heavy (non-hydrogen) atoms. The summed E-state index contributed by atoms with van der Waals surface area (Å²) in [7, 11) is -3.46. The molecule has 1 amide bonds. The third-order valence-electron chi connectivity index (χ3n) is 5.19. The topological polar surface area (TPSA) is 58.9 Å². The Morgan fingerprint density at radius 2 is 1.71 bits per heavy atom. The molecule has 150 valence electrons. The molecule has 0 aromatic heterocycles. The van der Waals surface area contributed by atoms with Gasteiger partial charge < -0.3 is 9.80 Å². The van der Waals surface area contributed by atoms with Gasteiger partial charge in [0.15, 0.2) is 9.84 Å². The van der Waals surface area contributed by atoms with Crippen molar-refractivity contribution in [3.8, 4) is 0 Å². The highest BCUT2D eigenvalue weighted by Crippen LogP contribution is 2.13. The summed E-state index contributed by atoms with van der Waals surface area (Å²) in [6.45, 7) is 5.07. The molecule has 0 atom stereocenters. The molecule has 7 heteroatoms. The van der Waals surface area contributed by atoms with Crippen LogP contribution in [0.4, 0.5) is 4.39 Å². The molecule has 2 aromatic rings. The van der Waals surface area contributed by atoms with Crippen molar-refractivity contribution in [3.63, 3.8) is 0 Å². The molecule has 1 N–H and O–H groups in total. The number of nitrogens with zero attached hydrogens (tertiary/aromatic N) is 1. The summed E-state index contributed by atoms with van der Waals surface area (Å²) < 4.78 is 38.6. The van der Waals surface area contributed by atoms with E-state index in [2.05, 4.69) is 0 Å². The van der Waals surface area contributed by atoms with Crippen LogP contribution < -0.4 is 4.90 Å². The number of quaternary nitrogens is 1. The number of hydrogen-bond acceptors (Lipinski definition) is 3. The number of rotatable bonds is 6. The minimum Gasteiger partial charge on any atom is -0.331 e. The van der Waals surface area contributed by atoms with Crippen molar-refractivity contribution >= 4 is 15.7 Å². The van der Waals surface area contributed by atoms with Crippen LogP contribution in [0.25, 0.3) is 0 Å². The summed E-state index contributed by atoms with van der Waals surface area (Å²) in [5, 5.41) is 0. The minimum absolute atomic E-state index is 0.0150. The molecule has 0 aliphatic carbocycles. The maximum Gasteiger partial charge on any atom is 0.224 e. The Kier molecular flexibility index (Phi) is 6.46. The van der Waals surface area contributed by atoms with Gasteiger partial charge in [0, 0.05) is 12.0 Å². The largest absolute Gasteiger partial charge is 0.331 e. The van der Waals surface area contributed by atoms with E-state index in [9.17, 15) is 17.6 Å². The standard InChI is InChI=1S/C21H25FN2O3S/c1-17-6-8-19(9-7-17)28(26,27)15-10-21(25)24-13-11-23(12-14-24)16-18-4-2-3-5-20(18)22/h2-9H,10-16H2,1H3/p+1. The Bertz CT molecular complexity index is 921. The summed E-state index contributed by atoms with van der Waals surface area (Å²) in [5.41, 5.74) is 1.67. The van der Waals surface area contributed by atoms with Gasteiger partial charge in [0.05, 0.1) is 36.8 Å². The molecule has 0 bridgehead atoms. The molecule has 0 spiro atoms. The molecule has 5 nitrogen and oxygen atoms in total. The van der Waals surface area contributed by atoms with Crippen molar-refractivity contribution in [2.45, 2.75) is 24.8 Å². The molecule has 0 saturated carbocycles. The molecule has 1 fully saturated rings. The van der Waals surface area contributed by atoms with Crippen molar-refractivity contribution in [2.24, 2.45) is 0 Å². The number of carbonyl (C=O) groups excluding carboxylic acids is 1. The van der Waals surface area contributed by atoms with E-state index in [1.54, 1.807) is 41.3 Å². The number of amides is 1. The van der Waals surface area contributed by atoms with Gasteiger partial charge in [0.2, 0.25) is 5.91 Å². The van der Waals surface area contributed by atoms with Gasteiger partial charge in [0.25, 0.3) is 0 Å². The molecular weight excluding hydrogens is 379 g/mol. The second-order valence-electron chi connectivity index (χ2n) is 7.28. The van der Waals surface area contributed by atoms with E-state index in [-0.39, 0.29) is 28.8 Å². The second kappa shape index (κ2) is 8.84. The molecule has 1 aliphatic heterocycles. The Balaban J connectivity index is 1.48. The lowest BCUT2D eigenvalue weighted by Crippen LogP contribution is -3.13. The van der Waals surface area contributed by atoms with Gasteiger partial charge in [-0.15, -0.1) is 0 Å². The number of nitrogens with one attached hydrogen (secondary N) is 1. The lowest BCUT2D eigenvalue weighted by molar-refractivity contribution is -0.917. The van der Waals surface area contributed by atoms with E-state index in [0.717, 1.165) is 18.7 Å². The third-order valence-corrected chi connectivity index (χ3v) is 6.92. The Labute approximate surface area is 165 Å². The summed E-state index contributed by atoms with van der Waals surface area (Å²) in [5.74, 6) is -0.521. The lowest BCUT2D eigenvalue weighted by atomic mass is 10.2. The molecule has 2 aromatic carbocycles. The summed E-state index contributed by atoms with van der Waals surface area (Å²) in [6, 6.07) is 13.4. The van der Waals surface area contributed by atoms with Crippen LogP contribution in [0.5, 0.6) is 0 Å². The highest BCUT2D eigenvalue weighted by atomic mass is 32.2. The number of piperazine rings is 1. The molecule has 0 unspecified atom stereocenters. The quantitative estimate of drug-likeness (QED) is 0.786. The van der Waals surface area contributed by atoms with Crippen LogP contribution in [0.1, 0.15) is 17.5 Å². The first-order valence-corrected chi connectivity index (χ1v) is 11.1. The zero-order valence-electron chi connectivity index (χ0n) is 16.0. The molecule has 0 radical (unpaired) electrons. The Morgan fingerprint density at radius 3 is 2.36 bits per heavy atom. The second-order valence-corrected chi connectivity index (χ2v) is 9.39. The smallest absolute Gasteiger partial charge is 0.224 e.